The van der Waals surface area contributed by atoms with Gasteiger partial charge in [0.2, 0.25) is 0 Å². The lowest BCUT2D eigenvalue weighted by Gasteiger charge is -2.23. The summed E-state index contributed by atoms with van der Waals surface area (Å²) in [4.78, 5) is 2.71. The Kier molecular flexibility index (Phi) is 5.52. The minimum atomic E-state index is -0.0192. The lowest BCUT2D eigenvalue weighted by molar-refractivity contribution is 0.303. The Labute approximate surface area is 114 Å². The minimum absolute atomic E-state index is 0.0192. The lowest BCUT2D eigenvalue weighted by Crippen LogP contribution is -2.14. The first-order valence-corrected chi connectivity index (χ1v) is 6.31. The number of hydrogen-bond acceptors (Lipinski definition) is 3. The van der Waals surface area contributed by atoms with Crippen molar-refractivity contribution in [3.05, 3.63) is 34.2 Å². The zero-order valence-electron chi connectivity index (χ0n) is 12.0. The maximum absolute atomic E-state index is 8.19. The monoisotopic (exact) mass is 263 g/mol. The molecule has 0 atom stereocenters. The first-order valence-electron chi connectivity index (χ1n) is 6.31. The number of benzene rings is 1. The molecule has 19 heavy (non-hydrogen) atoms. The molecule has 0 amide bonds. The molecule has 104 valence electrons. The van der Waals surface area contributed by atoms with Crippen molar-refractivity contribution in [2.24, 2.45) is 5.11 Å². The Balaban J connectivity index is 2.79. The van der Waals surface area contributed by atoms with Crippen LogP contribution in [0.2, 0.25) is 0 Å². The number of rotatable bonds is 6. The zero-order chi connectivity index (χ0) is 14.3. The molecule has 0 saturated carbocycles. The van der Waals surface area contributed by atoms with E-state index in [0.717, 1.165) is 17.1 Å². The fourth-order valence-electron chi connectivity index (χ4n) is 1.71. The quantitative estimate of drug-likeness (QED) is 0.336. The van der Waals surface area contributed by atoms with Gasteiger partial charge in [0.15, 0.2) is 0 Å². The Morgan fingerprint density at radius 2 is 2.05 bits per heavy atom. The van der Waals surface area contributed by atoms with Gasteiger partial charge in [0, 0.05) is 17.0 Å². The van der Waals surface area contributed by atoms with Gasteiger partial charge in [0.1, 0.15) is 11.5 Å². The second-order valence-electron chi connectivity index (χ2n) is 5.27. The summed E-state index contributed by atoms with van der Waals surface area (Å²) in [5.41, 5.74) is 9.28. The Morgan fingerprint density at radius 3 is 2.63 bits per heavy atom. The molecule has 0 spiro atoms. The normalized spacial score (nSPS) is 10.7. The van der Waals surface area contributed by atoms with Gasteiger partial charge in [-0.25, -0.2) is 0 Å². The van der Waals surface area contributed by atoms with Crippen LogP contribution in [0, 0.1) is 0 Å². The van der Waals surface area contributed by atoms with Gasteiger partial charge in [-0.05, 0) is 35.6 Å². The number of hydrogen-bond donors (Lipinski definition) is 0. The Bertz CT molecular complexity index is 460. The van der Waals surface area contributed by atoms with Crippen LogP contribution in [-0.4, -0.2) is 20.3 Å². The summed E-state index contributed by atoms with van der Waals surface area (Å²) in [5, 5.41) is 3.48. The summed E-state index contributed by atoms with van der Waals surface area (Å²) in [6, 6.07) is 5.81. The molecule has 0 radical (unpaired) electrons. The summed E-state index contributed by atoms with van der Waals surface area (Å²) in [5.74, 6) is 1.68. The summed E-state index contributed by atoms with van der Waals surface area (Å²) in [7, 11) is 1.65. The van der Waals surface area contributed by atoms with Crippen molar-refractivity contribution in [3.8, 4) is 11.5 Å². The molecule has 0 aliphatic heterocycles. The SMILES string of the molecule is COc1ccc(OCCCN=[N+]=[N-])c(C(C)(C)C)c1. The van der Waals surface area contributed by atoms with Gasteiger partial charge in [0.05, 0.1) is 13.7 Å². The van der Waals surface area contributed by atoms with Gasteiger partial charge in [-0.2, -0.15) is 0 Å². The zero-order valence-corrected chi connectivity index (χ0v) is 12.0. The van der Waals surface area contributed by atoms with Crippen LogP contribution in [0.4, 0.5) is 0 Å². The molecule has 0 aliphatic rings. The van der Waals surface area contributed by atoms with Gasteiger partial charge in [0.25, 0.3) is 0 Å². The van der Waals surface area contributed by atoms with E-state index in [0.29, 0.717) is 19.6 Å². The van der Waals surface area contributed by atoms with Gasteiger partial charge >= 0.3 is 0 Å². The predicted molar refractivity (Wildman–Crippen MR) is 75.8 cm³/mol. The van der Waals surface area contributed by atoms with Crippen LogP contribution in [0.5, 0.6) is 11.5 Å². The van der Waals surface area contributed by atoms with Crippen LogP contribution in [-0.2, 0) is 5.41 Å². The van der Waals surface area contributed by atoms with E-state index in [9.17, 15) is 0 Å². The molecule has 5 nitrogen and oxygen atoms in total. The van der Waals surface area contributed by atoms with Crippen LogP contribution in [0.15, 0.2) is 23.3 Å². The molecule has 0 unspecified atom stereocenters. The largest absolute Gasteiger partial charge is 0.497 e. The number of azide groups is 1. The topological polar surface area (TPSA) is 67.2 Å². The van der Waals surface area contributed by atoms with E-state index in [4.69, 9.17) is 15.0 Å². The van der Waals surface area contributed by atoms with Crippen molar-refractivity contribution in [1.82, 2.24) is 0 Å². The highest BCUT2D eigenvalue weighted by Gasteiger charge is 2.19. The van der Waals surface area contributed by atoms with E-state index in [2.05, 4.69) is 30.8 Å². The number of methoxy groups -OCH3 is 1. The Morgan fingerprint density at radius 1 is 1.32 bits per heavy atom. The van der Waals surface area contributed by atoms with E-state index in [1.54, 1.807) is 7.11 Å². The van der Waals surface area contributed by atoms with E-state index in [1.807, 2.05) is 18.2 Å². The summed E-state index contributed by atoms with van der Waals surface area (Å²) in [6.45, 7) is 7.39. The number of ether oxygens (including phenoxy) is 2. The molecule has 5 heteroatoms. The standard InChI is InChI=1S/C14H21N3O2/c1-14(2,3)12-10-11(18-4)6-7-13(12)19-9-5-8-16-17-15/h6-7,10H,5,8-9H2,1-4H3. The van der Waals surface area contributed by atoms with E-state index < -0.39 is 0 Å². The molecule has 1 aromatic carbocycles. The molecule has 0 aromatic heterocycles. The van der Waals surface area contributed by atoms with Crippen molar-refractivity contribution < 1.29 is 9.47 Å². The molecule has 0 aliphatic carbocycles. The third-order valence-corrected chi connectivity index (χ3v) is 2.72. The van der Waals surface area contributed by atoms with Crippen molar-refractivity contribution in [3.63, 3.8) is 0 Å². The third kappa shape index (κ3) is 4.72. The first kappa shape index (κ1) is 15.2. The molecule has 0 bridgehead atoms. The summed E-state index contributed by atoms with van der Waals surface area (Å²) < 4.78 is 11.0. The van der Waals surface area contributed by atoms with E-state index in [1.165, 1.54) is 0 Å². The molecular weight excluding hydrogens is 242 g/mol. The molecule has 1 aromatic rings. The smallest absolute Gasteiger partial charge is 0.123 e. The molecular formula is C14H21N3O2. The lowest BCUT2D eigenvalue weighted by atomic mass is 9.86. The van der Waals surface area contributed by atoms with Crippen molar-refractivity contribution in [1.29, 1.82) is 0 Å². The van der Waals surface area contributed by atoms with Crippen LogP contribution in [0.25, 0.3) is 10.4 Å². The van der Waals surface area contributed by atoms with Gasteiger partial charge < -0.3 is 9.47 Å². The van der Waals surface area contributed by atoms with E-state index in [-0.39, 0.29) is 5.41 Å². The molecule has 1 rings (SSSR count). The van der Waals surface area contributed by atoms with E-state index >= 15 is 0 Å². The Hall–Kier alpha value is -1.87. The van der Waals surface area contributed by atoms with Gasteiger partial charge in [-0.3, -0.25) is 0 Å². The molecule has 0 fully saturated rings. The van der Waals surface area contributed by atoms with Crippen LogP contribution < -0.4 is 9.47 Å². The average molecular weight is 263 g/mol. The fourth-order valence-corrected chi connectivity index (χ4v) is 1.71. The molecule has 0 saturated heterocycles. The first-order chi connectivity index (χ1) is 8.99. The average Bonchev–Trinajstić information content (AvgIpc) is 2.37. The van der Waals surface area contributed by atoms with Crippen molar-refractivity contribution in [2.75, 3.05) is 20.3 Å². The van der Waals surface area contributed by atoms with Gasteiger partial charge in [-0.15, -0.1) is 0 Å². The maximum Gasteiger partial charge on any atom is 0.123 e. The summed E-state index contributed by atoms with van der Waals surface area (Å²) >= 11 is 0. The highest BCUT2D eigenvalue weighted by molar-refractivity contribution is 5.44. The maximum atomic E-state index is 8.19. The second kappa shape index (κ2) is 6.90. The second-order valence-corrected chi connectivity index (χ2v) is 5.27. The van der Waals surface area contributed by atoms with Crippen molar-refractivity contribution >= 4 is 0 Å². The molecule has 0 N–H and O–H groups in total. The van der Waals surface area contributed by atoms with Crippen molar-refractivity contribution in [2.45, 2.75) is 32.6 Å². The van der Waals surface area contributed by atoms with Crippen LogP contribution >= 0.6 is 0 Å². The molecule has 0 heterocycles. The fraction of sp³-hybridized carbons (Fsp3) is 0.571. The minimum Gasteiger partial charge on any atom is -0.497 e. The number of nitrogens with zero attached hydrogens (tertiary/aromatic N) is 3. The van der Waals surface area contributed by atoms with Crippen LogP contribution in [0.1, 0.15) is 32.8 Å². The highest BCUT2D eigenvalue weighted by atomic mass is 16.5. The third-order valence-electron chi connectivity index (χ3n) is 2.72. The van der Waals surface area contributed by atoms with Gasteiger partial charge in [-0.1, -0.05) is 25.9 Å². The van der Waals surface area contributed by atoms with Crippen LogP contribution in [0.3, 0.4) is 0 Å². The summed E-state index contributed by atoms with van der Waals surface area (Å²) in [6.07, 6.45) is 0.708. The predicted octanol–water partition coefficient (Wildman–Crippen LogP) is 4.07. The highest BCUT2D eigenvalue weighted by Crippen LogP contribution is 2.34.